The Balaban J connectivity index is 1.34. The van der Waals surface area contributed by atoms with E-state index in [1.807, 2.05) is 79.0 Å². The minimum atomic E-state index is -0.245. The van der Waals surface area contributed by atoms with Gasteiger partial charge in [0.05, 0.1) is 17.9 Å². The maximum absolute atomic E-state index is 12.7. The molecule has 0 unspecified atom stereocenters. The standard InChI is InChI=1S/C31H29NO4S/c1-3-28(33)26-15-13-24(14-16-26)23-9-11-25(12-10-23)27-18-29(37-20-27)31(35)32-19-22-7-5-21(6-8-22)17-30(34)36-4-2/h5-16,18,20H,3-4,17,19H2,1-2H3,(H,32,35). The smallest absolute Gasteiger partial charge is 0.310 e. The molecule has 0 aliphatic carbocycles. The fourth-order valence-corrected chi connectivity index (χ4v) is 4.77. The molecular weight excluding hydrogens is 482 g/mol. The Hall–Kier alpha value is -4.03. The fraction of sp³-hybridized carbons (Fsp3) is 0.194. The van der Waals surface area contributed by atoms with Gasteiger partial charge in [-0.1, -0.05) is 79.7 Å². The minimum absolute atomic E-state index is 0.120. The van der Waals surface area contributed by atoms with Crippen LogP contribution in [0.2, 0.25) is 0 Å². The zero-order chi connectivity index (χ0) is 26.2. The molecular formula is C31H29NO4S. The third-order valence-electron chi connectivity index (χ3n) is 6.03. The number of Topliss-reactive ketones (excluding diaryl/α,β-unsaturated/α-hetero) is 1. The lowest BCUT2D eigenvalue weighted by Crippen LogP contribution is -2.21. The van der Waals surface area contributed by atoms with Crippen LogP contribution >= 0.6 is 11.3 Å². The molecule has 6 heteroatoms. The molecule has 0 fully saturated rings. The number of hydrogen-bond acceptors (Lipinski definition) is 5. The first-order chi connectivity index (χ1) is 18.0. The highest BCUT2D eigenvalue weighted by Crippen LogP contribution is 2.28. The number of carbonyl (C=O) groups is 3. The zero-order valence-electron chi connectivity index (χ0n) is 21.0. The summed E-state index contributed by atoms with van der Waals surface area (Å²) in [6, 6.07) is 25.4. The number of nitrogens with one attached hydrogen (secondary N) is 1. The molecule has 0 spiro atoms. The fourth-order valence-electron chi connectivity index (χ4n) is 3.94. The van der Waals surface area contributed by atoms with Gasteiger partial charge >= 0.3 is 5.97 Å². The number of ether oxygens (including phenoxy) is 1. The van der Waals surface area contributed by atoms with Crippen LogP contribution in [0.25, 0.3) is 22.3 Å². The zero-order valence-corrected chi connectivity index (χ0v) is 21.8. The lowest BCUT2D eigenvalue weighted by molar-refractivity contribution is -0.142. The molecule has 1 aromatic heterocycles. The van der Waals surface area contributed by atoms with Crippen molar-refractivity contribution in [2.45, 2.75) is 33.2 Å². The van der Waals surface area contributed by atoms with E-state index in [1.54, 1.807) is 6.92 Å². The predicted octanol–water partition coefficient (Wildman–Crippen LogP) is 6.71. The van der Waals surface area contributed by atoms with Gasteiger partial charge in [-0.25, -0.2) is 0 Å². The van der Waals surface area contributed by atoms with Crippen molar-refractivity contribution in [1.82, 2.24) is 5.32 Å². The van der Waals surface area contributed by atoms with E-state index in [9.17, 15) is 14.4 Å². The van der Waals surface area contributed by atoms with E-state index >= 15 is 0 Å². The number of amides is 1. The highest BCUT2D eigenvalue weighted by Gasteiger charge is 2.11. The van der Waals surface area contributed by atoms with Crippen molar-refractivity contribution in [3.05, 3.63) is 106 Å². The van der Waals surface area contributed by atoms with Crippen LogP contribution in [0.5, 0.6) is 0 Å². The molecule has 0 saturated heterocycles. The largest absolute Gasteiger partial charge is 0.466 e. The lowest BCUT2D eigenvalue weighted by atomic mass is 9.99. The van der Waals surface area contributed by atoms with E-state index in [-0.39, 0.29) is 24.1 Å². The summed E-state index contributed by atoms with van der Waals surface area (Å²) in [5, 5.41) is 4.95. The molecule has 4 rings (SSSR count). The molecule has 5 nitrogen and oxygen atoms in total. The molecule has 37 heavy (non-hydrogen) atoms. The summed E-state index contributed by atoms with van der Waals surface area (Å²) in [4.78, 5) is 36.8. The average molecular weight is 512 g/mol. The van der Waals surface area contributed by atoms with Gasteiger partial charge < -0.3 is 10.1 Å². The van der Waals surface area contributed by atoms with Crippen LogP contribution in [0, 0.1) is 0 Å². The molecule has 1 amide bonds. The van der Waals surface area contributed by atoms with Crippen molar-refractivity contribution in [1.29, 1.82) is 0 Å². The quantitative estimate of drug-likeness (QED) is 0.190. The Morgan fingerprint density at radius 1 is 0.757 bits per heavy atom. The molecule has 1 N–H and O–H groups in total. The van der Waals surface area contributed by atoms with Crippen molar-refractivity contribution >= 4 is 29.0 Å². The van der Waals surface area contributed by atoms with Gasteiger partial charge in [0.15, 0.2) is 5.78 Å². The van der Waals surface area contributed by atoms with Gasteiger partial charge in [0.1, 0.15) is 0 Å². The van der Waals surface area contributed by atoms with Crippen LogP contribution in [0.4, 0.5) is 0 Å². The molecule has 0 aliphatic rings. The third kappa shape index (κ3) is 6.80. The second-order valence-corrected chi connectivity index (χ2v) is 9.52. The highest BCUT2D eigenvalue weighted by molar-refractivity contribution is 7.12. The second-order valence-electron chi connectivity index (χ2n) is 8.61. The maximum Gasteiger partial charge on any atom is 0.310 e. The van der Waals surface area contributed by atoms with Crippen molar-refractivity contribution < 1.29 is 19.1 Å². The molecule has 3 aromatic carbocycles. The topological polar surface area (TPSA) is 72.5 Å². The van der Waals surface area contributed by atoms with Crippen LogP contribution in [0.1, 0.15) is 51.4 Å². The van der Waals surface area contributed by atoms with Crippen LogP contribution in [-0.4, -0.2) is 24.3 Å². The first-order valence-corrected chi connectivity index (χ1v) is 13.2. The van der Waals surface area contributed by atoms with Crippen LogP contribution in [0.3, 0.4) is 0 Å². The molecule has 0 saturated carbocycles. The van der Waals surface area contributed by atoms with Crippen molar-refractivity contribution in [2.24, 2.45) is 0 Å². The molecule has 0 radical (unpaired) electrons. The van der Waals surface area contributed by atoms with E-state index in [0.29, 0.717) is 24.4 Å². The number of esters is 1. The van der Waals surface area contributed by atoms with Crippen LogP contribution in [0.15, 0.2) is 84.2 Å². The summed E-state index contributed by atoms with van der Waals surface area (Å²) in [6.07, 6.45) is 0.742. The first-order valence-electron chi connectivity index (χ1n) is 12.3. The number of carbonyl (C=O) groups excluding carboxylic acids is 3. The Morgan fingerprint density at radius 2 is 1.32 bits per heavy atom. The Labute approximate surface area is 221 Å². The Bertz CT molecular complexity index is 1370. The molecule has 1 heterocycles. The molecule has 4 aromatic rings. The van der Waals surface area contributed by atoms with Gasteiger partial charge in [-0.15, -0.1) is 11.3 Å². The number of rotatable bonds is 10. The van der Waals surface area contributed by atoms with E-state index in [2.05, 4.69) is 17.4 Å². The van der Waals surface area contributed by atoms with Gasteiger partial charge in [0.25, 0.3) is 5.91 Å². The molecule has 188 valence electrons. The van der Waals surface area contributed by atoms with Gasteiger partial charge in [0.2, 0.25) is 0 Å². The van der Waals surface area contributed by atoms with E-state index in [4.69, 9.17) is 4.74 Å². The number of thiophene rings is 1. The summed E-state index contributed by atoms with van der Waals surface area (Å²) < 4.78 is 4.97. The highest BCUT2D eigenvalue weighted by atomic mass is 32.1. The van der Waals surface area contributed by atoms with E-state index in [1.165, 1.54) is 11.3 Å². The van der Waals surface area contributed by atoms with Crippen LogP contribution in [-0.2, 0) is 22.5 Å². The lowest BCUT2D eigenvalue weighted by Gasteiger charge is -2.06. The number of hydrogen-bond donors (Lipinski definition) is 1. The first kappa shape index (κ1) is 26.0. The normalized spacial score (nSPS) is 10.6. The monoisotopic (exact) mass is 511 g/mol. The molecule has 0 atom stereocenters. The Kier molecular flexibility index (Phi) is 8.64. The Morgan fingerprint density at radius 3 is 1.92 bits per heavy atom. The third-order valence-corrected chi connectivity index (χ3v) is 6.96. The maximum atomic E-state index is 12.7. The van der Waals surface area contributed by atoms with Gasteiger partial charge in [0, 0.05) is 18.5 Å². The summed E-state index contributed by atoms with van der Waals surface area (Å²) >= 11 is 1.41. The summed E-state index contributed by atoms with van der Waals surface area (Å²) in [7, 11) is 0. The summed E-state index contributed by atoms with van der Waals surface area (Å²) in [6.45, 7) is 4.43. The minimum Gasteiger partial charge on any atom is -0.466 e. The summed E-state index contributed by atoms with van der Waals surface area (Å²) in [5.41, 5.74) is 6.73. The predicted molar refractivity (Wildman–Crippen MR) is 148 cm³/mol. The van der Waals surface area contributed by atoms with Gasteiger partial charge in [-0.05, 0) is 51.8 Å². The number of ketones is 1. The van der Waals surface area contributed by atoms with Gasteiger partial charge in [-0.2, -0.15) is 0 Å². The molecule has 0 aliphatic heterocycles. The SMILES string of the molecule is CCOC(=O)Cc1ccc(CNC(=O)c2cc(-c3ccc(-c4ccc(C(=O)CC)cc4)cc3)cs2)cc1. The average Bonchev–Trinajstić information content (AvgIpc) is 3.43. The van der Waals surface area contributed by atoms with Crippen LogP contribution < -0.4 is 5.32 Å². The van der Waals surface area contributed by atoms with E-state index in [0.717, 1.165) is 38.9 Å². The van der Waals surface area contributed by atoms with Gasteiger partial charge in [-0.3, -0.25) is 14.4 Å². The van der Waals surface area contributed by atoms with Crippen molar-refractivity contribution in [2.75, 3.05) is 6.61 Å². The second kappa shape index (κ2) is 12.3. The van der Waals surface area contributed by atoms with Crippen molar-refractivity contribution in [3.8, 4) is 22.3 Å². The van der Waals surface area contributed by atoms with E-state index < -0.39 is 0 Å². The molecule has 0 bridgehead atoms. The van der Waals surface area contributed by atoms with Crippen molar-refractivity contribution in [3.63, 3.8) is 0 Å². The summed E-state index contributed by atoms with van der Waals surface area (Å²) in [5.74, 6) is -0.223. The number of benzene rings is 3.